The van der Waals surface area contributed by atoms with Gasteiger partial charge in [0.05, 0.1) is 6.54 Å². The highest BCUT2D eigenvalue weighted by Crippen LogP contribution is 2.29. The molecule has 170 valence electrons. The fourth-order valence-electron chi connectivity index (χ4n) is 3.17. The molecular formula is C22H23N7O2S2. The van der Waals surface area contributed by atoms with Crippen molar-refractivity contribution in [2.75, 3.05) is 25.0 Å². The van der Waals surface area contributed by atoms with E-state index in [0.717, 1.165) is 53.3 Å². The molecule has 9 nitrogen and oxygen atoms in total. The van der Waals surface area contributed by atoms with Crippen LogP contribution in [-0.2, 0) is 13.2 Å². The van der Waals surface area contributed by atoms with Crippen molar-refractivity contribution in [2.45, 2.75) is 19.6 Å². The number of hydrogen-bond donors (Lipinski definition) is 2. The number of hydrogen-bond acceptors (Lipinski definition) is 10. The smallest absolute Gasteiger partial charge is 0.274 e. The number of aromatic nitrogens is 4. The van der Waals surface area contributed by atoms with Crippen molar-refractivity contribution in [3.63, 3.8) is 0 Å². The van der Waals surface area contributed by atoms with Crippen LogP contribution in [0.3, 0.4) is 0 Å². The fraction of sp³-hybridized carbons (Fsp3) is 0.273. The Labute approximate surface area is 199 Å². The van der Waals surface area contributed by atoms with Crippen molar-refractivity contribution in [3.05, 3.63) is 59.0 Å². The molecule has 0 spiro atoms. The third-order valence-electron chi connectivity index (χ3n) is 4.78. The van der Waals surface area contributed by atoms with Gasteiger partial charge in [-0.2, -0.15) is 5.10 Å². The van der Waals surface area contributed by atoms with Crippen LogP contribution in [0.5, 0.6) is 10.9 Å². The molecule has 0 saturated carbocycles. The summed E-state index contributed by atoms with van der Waals surface area (Å²) in [5.74, 6) is 1.58. The summed E-state index contributed by atoms with van der Waals surface area (Å²) in [6, 6.07) is 9.80. The third kappa shape index (κ3) is 5.88. The molecule has 2 N–H and O–H groups in total. The molecule has 0 saturated heterocycles. The molecule has 1 aromatic carbocycles. The van der Waals surface area contributed by atoms with Crippen LogP contribution in [0.25, 0.3) is 11.4 Å². The van der Waals surface area contributed by atoms with Crippen LogP contribution in [0.4, 0.5) is 5.13 Å². The van der Waals surface area contributed by atoms with Gasteiger partial charge >= 0.3 is 0 Å². The summed E-state index contributed by atoms with van der Waals surface area (Å²) >= 11 is 2.98. The number of guanidine groups is 1. The molecule has 11 heteroatoms. The molecule has 3 aromatic heterocycles. The lowest BCUT2D eigenvalue weighted by Crippen LogP contribution is -2.35. The van der Waals surface area contributed by atoms with Gasteiger partial charge in [-0.1, -0.05) is 23.5 Å². The molecule has 4 aromatic rings. The molecule has 0 aliphatic carbocycles. The average Bonchev–Trinajstić information content (AvgIpc) is 3.61. The number of nitrogens with one attached hydrogen (secondary N) is 2. The van der Waals surface area contributed by atoms with Crippen molar-refractivity contribution in [1.82, 2.24) is 25.1 Å². The Hall–Kier alpha value is -3.44. The first-order valence-electron chi connectivity index (χ1n) is 10.6. The number of rotatable bonds is 9. The van der Waals surface area contributed by atoms with Gasteiger partial charge in [-0.3, -0.25) is 9.67 Å². The first-order valence-corrected chi connectivity index (χ1v) is 12.4. The number of nitrogens with zero attached hydrogens (tertiary/aromatic N) is 5. The molecular weight excluding hydrogens is 458 g/mol. The number of anilines is 1. The maximum atomic E-state index is 5.91. The van der Waals surface area contributed by atoms with E-state index in [1.54, 1.807) is 6.20 Å². The quantitative estimate of drug-likeness (QED) is 0.374. The average molecular weight is 482 g/mol. The second-order valence-electron chi connectivity index (χ2n) is 7.23. The van der Waals surface area contributed by atoms with Crippen molar-refractivity contribution in [2.24, 2.45) is 4.99 Å². The number of benzene rings is 1. The number of thiazole rings is 2. The van der Waals surface area contributed by atoms with Gasteiger partial charge < -0.3 is 20.1 Å². The summed E-state index contributed by atoms with van der Waals surface area (Å²) in [6.45, 7) is 3.43. The van der Waals surface area contributed by atoms with E-state index in [-0.39, 0.29) is 0 Å². The Balaban J connectivity index is 1.13. The SMILES string of the molecule is c1cc(COc2nc(-c3csc(NC4=NCCCN4)n3)cs2)cc(OCCn2cccn2)c1. The molecule has 0 fully saturated rings. The normalized spacial score (nSPS) is 13.3. The van der Waals surface area contributed by atoms with Crippen molar-refractivity contribution < 1.29 is 9.47 Å². The minimum Gasteiger partial charge on any atom is -0.492 e. The molecule has 4 heterocycles. The van der Waals surface area contributed by atoms with E-state index in [1.807, 2.05) is 52.0 Å². The Morgan fingerprint density at radius 2 is 2.03 bits per heavy atom. The molecule has 0 atom stereocenters. The lowest BCUT2D eigenvalue weighted by molar-refractivity contribution is 0.286. The predicted molar refractivity (Wildman–Crippen MR) is 130 cm³/mol. The minimum absolute atomic E-state index is 0.415. The van der Waals surface area contributed by atoms with Gasteiger partial charge in [0.25, 0.3) is 5.19 Å². The largest absolute Gasteiger partial charge is 0.492 e. The Bertz CT molecular complexity index is 1200. The topological polar surface area (TPSA) is 98.5 Å². The molecule has 33 heavy (non-hydrogen) atoms. The van der Waals surface area contributed by atoms with Crippen LogP contribution in [0, 0.1) is 0 Å². The molecule has 5 rings (SSSR count). The molecule has 0 amide bonds. The van der Waals surface area contributed by atoms with Gasteiger partial charge in [0.1, 0.15) is 30.4 Å². The monoisotopic (exact) mass is 481 g/mol. The lowest BCUT2D eigenvalue weighted by atomic mass is 10.2. The molecule has 0 radical (unpaired) electrons. The zero-order valence-electron chi connectivity index (χ0n) is 17.8. The van der Waals surface area contributed by atoms with Crippen molar-refractivity contribution in [3.8, 4) is 22.3 Å². The van der Waals surface area contributed by atoms with Gasteiger partial charge in [0, 0.05) is 36.2 Å². The van der Waals surface area contributed by atoms with Crippen LogP contribution < -0.4 is 20.1 Å². The van der Waals surface area contributed by atoms with Crippen molar-refractivity contribution >= 4 is 33.8 Å². The summed E-state index contributed by atoms with van der Waals surface area (Å²) in [6.07, 6.45) is 4.73. The Morgan fingerprint density at radius 3 is 2.91 bits per heavy atom. The first kappa shape index (κ1) is 21.4. The Kier molecular flexibility index (Phi) is 6.78. The maximum Gasteiger partial charge on any atom is 0.274 e. The zero-order valence-corrected chi connectivity index (χ0v) is 19.4. The van der Waals surface area contributed by atoms with E-state index < -0.39 is 0 Å². The molecule has 1 aliphatic heterocycles. The fourth-order valence-corrected chi connectivity index (χ4v) is 4.53. The van der Waals surface area contributed by atoms with Gasteiger partial charge in [0.15, 0.2) is 11.1 Å². The van der Waals surface area contributed by atoms with E-state index in [4.69, 9.17) is 9.47 Å². The second-order valence-corrected chi connectivity index (χ2v) is 8.90. The highest BCUT2D eigenvalue weighted by atomic mass is 32.1. The van der Waals surface area contributed by atoms with Gasteiger partial charge in [-0.25, -0.2) is 9.97 Å². The van der Waals surface area contributed by atoms with Gasteiger partial charge in [-0.05, 0) is 30.2 Å². The summed E-state index contributed by atoms with van der Waals surface area (Å²) in [4.78, 5) is 13.6. The summed E-state index contributed by atoms with van der Waals surface area (Å²) in [5, 5.41) is 16.0. The van der Waals surface area contributed by atoms with E-state index in [0.29, 0.717) is 25.0 Å². The van der Waals surface area contributed by atoms with Crippen LogP contribution in [0.2, 0.25) is 0 Å². The standard InChI is InChI=1S/C22H23N7O2S2/c1-4-16(12-17(5-1)30-11-10-29-9-3-8-25-29)13-31-22-27-19(15-33-22)18-14-32-21(26-18)28-20-23-6-2-7-24-20/h1,3-5,8-9,12,14-15H,2,6-7,10-11,13H2,(H2,23,24,26,28). The van der Waals surface area contributed by atoms with Gasteiger partial charge in [0.2, 0.25) is 0 Å². The summed E-state index contributed by atoms with van der Waals surface area (Å²) < 4.78 is 13.6. The van der Waals surface area contributed by atoms with Crippen LogP contribution in [0.1, 0.15) is 12.0 Å². The van der Waals surface area contributed by atoms with Crippen LogP contribution >= 0.6 is 22.7 Å². The first-order chi connectivity index (χ1) is 16.3. The summed E-state index contributed by atoms with van der Waals surface area (Å²) in [7, 11) is 0. The highest BCUT2D eigenvalue weighted by Gasteiger charge is 2.12. The minimum atomic E-state index is 0.415. The lowest BCUT2D eigenvalue weighted by Gasteiger charge is -2.13. The van der Waals surface area contributed by atoms with E-state index >= 15 is 0 Å². The molecule has 0 bridgehead atoms. The number of aliphatic imine (C=N–C) groups is 1. The van der Waals surface area contributed by atoms with Crippen molar-refractivity contribution in [1.29, 1.82) is 0 Å². The van der Waals surface area contributed by atoms with E-state index in [9.17, 15) is 0 Å². The predicted octanol–water partition coefficient (Wildman–Crippen LogP) is 3.88. The second kappa shape index (κ2) is 10.5. The summed E-state index contributed by atoms with van der Waals surface area (Å²) in [5.41, 5.74) is 2.63. The Morgan fingerprint density at radius 1 is 1.09 bits per heavy atom. The van der Waals surface area contributed by atoms with E-state index in [1.165, 1.54) is 22.7 Å². The van der Waals surface area contributed by atoms with Gasteiger partial charge in [-0.15, -0.1) is 11.3 Å². The molecule has 0 unspecified atom stereocenters. The zero-order chi connectivity index (χ0) is 22.3. The molecule has 1 aliphatic rings. The van der Waals surface area contributed by atoms with Crippen LogP contribution in [-0.4, -0.2) is 45.4 Å². The number of ether oxygens (including phenoxy) is 2. The van der Waals surface area contributed by atoms with E-state index in [2.05, 4.69) is 30.7 Å². The maximum absolute atomic E-state index is 5.91. The highest BCUT2D eigenvalue weighted by molar-refractivity contribution is 7.14. The third-order valence-corrected chi connectivity index (χ3v) is 6.29. The van der Waals surface area contributed by atoms with Crippen LogP contribution in [0.15, 0.2) is 58.5 Å².